The van der Waals surface area contributed by atoms with Gasteiger partial charge in [0.1, 0.15) is 5.82 Å². The molecule has 8 heteroatoms. The Morgan fingerprint density at radius 1 is 1.22 bits per heavy atom. The third-order valence-corrected chi connectivity index (χ3v) is 5.78. The summed E-state index contributed by atoms with van der Waals surface area (Å²) in [5.74, 6) is 0.815. The molecule has 0 saturated heterocycles. The Kier molecular flexibility index (Phi) is 6.39. The van der Waals surface area contributed by atoms with E-state index in [1.807, 2.05) is 55.5 Å². The molecule has 2 aliphatic rings. The summed E-state index contributed by atoms with van der Waals surface area (Å²) in [7, 11) is 1.72. The number of carbonyl (C=O) groups excluding carboxylic acids is 1. The SMILES string of the molecule is CC1=NC(NC(=S)NC2N=C(c3ccccc3)c3cc(Cl)ccc3N(C)C2=O)=CC(C)C1. The Hall–Kier alpha value is -3.03. The number of benzene rings is 2. The van der Waals surface area contributed by atoms with Crippen molar-refractivity contribution in [1.82, 2.24) is 10.6 Å². The van der Waals surface area contributed by atoms with Gasteiger partial charge in [0.15, 0.2) is 5.11 Å². The van der Waals surface area contributed by atoms with E-state index in [1.165, 1.54) is 0 Å². The summed E-state index contributed by atoms with van der Waals surface area (Å²) in [6.45, 7) is 4.11. The third kappa shape index (κ3) is 4.74. The number of thiocarbonyl (C=S) groups is 1. The van der Waals surface area contributed by atoms with E-state index >= 15 is 0 Å². The van der Waals surface area contributed by atoms with Crippen molar-refractivity contribution in [1.29, 1.82) is 0 Å². The van der Waals surface area contributed by atoms with Crippen LogP contribution in [-0.2, 0) is 4.79 Å². The number of allylic oxidation sites excluding steroid dienone is 1. The van der Waals surface area contributed by atoms with E-state index < -0.39 is 6.17 Å². The fraction of sp³-hybridized carbons (Fsp3) is 0.250. The van der Waals surface area contributed by atoms with Crippen LogP contribution in [0.3, 0.4) is 0 Å². The Bertz CT molecular complexity index is 1160. The van der Waals surface area contributed by atoms with E-state index in [2.05, 4.69) is 22.5 Å². The molecule has 2 atom stereocenters. The van der Waals surface area contributed by atoms with Crippen molar-refractivity contribution in [2.24, 2.45) is 15.9 Å². The van der Waals surface area contributed by atoms with Crippen LogP contribution < -0.4 is 15.5 Å². The standard InChI is InChI=1S/C24H24ClN5OS/c1-14-11-15(2)26-20(12-14)27-24(32)29-22-23(31)30(3)19-10-9-17(25)13-18(19)21(28-22)16-7-5-4-6-8-16/h4-10,12-14,22H,11H2,1-3H3,(H2,27,29,32). The van der Waals surface area contributed by atoms with Crippen LogP contribution in [0.15, 0.2) is 70.4 Å². The van der Waals surface area contributed by atoms with E-state index in [9.17, 15) is 4.79 Å². The number of fused-ring (bicyclic) bond motifs is 1. The predicted molar refractivity (Wildman–Crippen MR) is 135 cm³/mol. The zero-order chi connectivity index (χ0) is 22.8. The van der Waals surface area contributed by atoms with E-state index in [0.717, 1.165) is 28.9 Å². The van der Waals surface area contributed by atoms with Gasteiger partial charge in [-0.2, -0.15) is 0 Å². The number of rotatable bonds is 3. The van der Waals surface area contributed by atoms with Crippen LogP contribution in [0.1, 0.15) is 31.4 Å². The van der Waals surface area contributed by atoms with Crippen LogP contribution in [0.2, 0.25) is 5.02 Å². The van der Waals surface area contributed by atoms with Gasteiger partial charge in [-0.1, -0.05) is 48.9 Å². The van der Waals surface area contributed by atoms with Crippen LogP contribution in [0.25, 0.3) is 0 Å². The summed E-state index contributed by atoms with van der Waals surface area (Å²) < 4.78 is 0. The van der Waals surface area contributed by atoms with Gasteiger partial charge in [-0.15, -0.1) is 0 Å². The largest absolute Gasteiger partial charge is 0.333 e. The van der Waals surface area contributed by atoms with Crippen molar-refractivity contribution < 1.29 is 4.79 Å². The lowest BCUT2D eigenvalue weighted by Gasteiger charge is -2.22. The van der Waals surface area contributed by atoms with Gasteiger partial charge in [0.25, 0.3) is 5.91 Å². The summed E-state index contributed by atoms with van der Waals surface area (Å²) in [6.07, 6.45) is 2.04. The Morgan fingerprint density at radius 2 is 1.97 bits per heavy atom. The van der Waals surface area contributed by atoms with Gasteiger partial charge >= 0.3 is 0 Å². The lowest BCUT2D eigenvalue weighted by atomic mass is 10.0. The maximum atomic E-state index is 13.3. The monoisotopic (exact) mass is 465 g/mol. The molecule has 0 radical (unpaired) electrons. The Labute approximate surface area is 198 Å². The smallest absolute Gasteiger partial charge is 0.272 e. The maximum Gasteiger partial charge on any atom is 0.272 e. The zero-order valence-electron chi connectivity index (χ0n) is 18.1. The molecule has 2 N–H and O–H groups in total. The number of aliphatic imine (C=N–C) groups is 2. The number of likely N-dealkylation sites (N-methyl/N-ethyl adjacent to an activating group) is 1. The number of benzodiazepines with no additional fused rings is 1. The highest BCUT2D eigenvalue weighted by atomic mass is 35.5. The molecule has 0 saturated carbocycles. The van der Waals surface area contributed by atoms with Gasteiger partial charge in [-0.25, -0.2) is 9.98 Å². The number of carbonyl (C=O) groups is 1. The summed E-state index contributed by atoms with van der Waals surface area (Å²) in [6, 6.07) is 15.2. The maximum absolute atomic E-state index is 13.3. The van der Waals surface area contributed by atoms with Gasteiger partial charge in [-0.3, -0.25) is 4.79 Å². The number of hydrogen-bond donors (Lipinski definition) is 2. The van der Waals surface area contributed by atoms with Gasteiger partial charge in [0.2, 0.25) is 6.17 Å². The van der Waals surface area contributed by atoms with Gasteiger partial charge in [0.05, 0.1) is 11.4 Å². The minimum Gasteiger partial charge on any atom is -0.333 e. The van der Waals surface area contributed by atoms with Crippen molar-refractivity contribution in [3.8, 4) is 0 Å². The van der Waals surface area contributed by atoms with E-state index in [1.54, 1.807) is 18.0 Å². The van der Waals surface area contributed by atoms with E-state index in [4.69, 9.17) is 28.8 Å². The third-order valence-electron chi connectivity index (χ3n) is 5.33. The summed E-state index contributed by atoms with van der Waals surface area (Å²) in [5.41, 5.74) is 4.10. The van der Waals surface area contributed by atoms with Crippen LogP contribution >= 0.6 is 23.8 Å². The molecular formula is C24H24ClN5OS. The molecule has 2 heterocycles. The van der Waals surface area contributed by atoms with Crippen molar-refractivity contribution in [2.75, 3.05) is 11.9 Å². The molecule has 0 fully saturated rings. The first-order valence-electron chi connectivity index (χ1n) is 10.4. The van der Waals surface area contributed by atoms with Gasteiger partial charge in [-0.05, 0) is 55.8 Å². The van der Waals surface area contributed by atoms with Crippen LogP contribution in [0.4, 0.5) is 5.69 Å². The molecule has 32 heavy (non-hydrogen) atoms. The minimum atomic E-state index is -0.909. The molecule has 1 amide bonds. The number of anilines is 1. The van der Waals surface area contributed by atoms with Crippen molar-refractivity contribution in [2.45, 2.75) is 26.4 Å². The number of nitrogens with one attached hydrogen (secondary N) is 2. The second kappa shape index (κ2) is 9.22. The second-order valence-electron chi connectivity index (χ2n) is 7.98. The lowest BCUT2D eigenvalue weighted by Crippen LogP contribution is -2.49. The predicted octanol–water partition coefficient (Wildman–Crippen LogP) is 4.29. The molecule has 4 rings (SSSR count). The summed E-state index contributed by atoms with van der Waals surface area (Å²) in [5, 5.41) is 7.02. The zero-order valence-corrected chi connectivity index (χ0v) is 19.7. The van der Waals surface area contributed by atoms with Gasteiger partial charge in [0, 0.05) is 28.9 Å². The first-order valence-corrected chi connectivity index (χ1v) is 11.1. The number of hydrogen-bond acceptors (Lipinski definition) is 4. The normalized spacial score (nSPS) is 20.4. The molecule has 2 aliphatic heterocycles. The Morgan fingerprint density at radius 3 is 2.69 bits per heavy atom. The van der Waals surface area contributed by atoms with E-state index in [-0.39, 0.29) is 11.0 Å². The fourth-order valence-electron chi connectivity index (χ4n) is 3.90. The minimum absolute atomic E-state index is 0.227. The highest BCUT2D eigenvalue weighted by Crippen LogP contribution is 2.29. The summed E-state index contributed by atoms with van der Waals surface area (Å²) >= 11 is 11.8. The molecule has 2 unspecified atom stereocenters. The molecule has 0 aliphatic carbocycles. The first-order chi connectivity index (χ1) is 15.3. The average Bonchev–Trinajstić information content (AvgIpc) is 2.84. The summed E-state index contributed by atoms with van der Waals surface area (Å²) in [4.78, 5) is 24.2. The van der Waals surface area contributed by atoms with Crippen LogP contribution in [0, 0.1) is 5.92 Å². The highest BCUT2D eigenvalue weighted by molar-refractivity contribution is 7.80. The number of amides is 1. The number of nitrogens with zero attached hydrogens (tertiary/aromatic N) is 3. The molecule has 0 aromatic heterocycles. The quantitative estimate of drug-likeness (QED) is 0.663. The molecule has 2 aromatic rings. The molecule has 0 spiro atoms. The molecule has 6 nitrogen and oxygen atoms in total. The number of halogens is 1. The average molecular weight is 466 g/mol. The van der Waals surface area contributed by atoms with Crippen LogP contribution in [0.5, 0.6) is 0 Å². The van der Waals surface area contributed by atoms with Gasteiger partial charge < -0.3 is 15.5 Å². The Balaban J connectivity index is 1.68. The van der Waals surface area contributed by atoms with E-state index in [0.29, 0.717) is 22.5 Å². The molecule has 164 valence electrons. The van der Waals surface area contributed by atoms with Crippen molar-refractivity contribution >= 4 is 51.9 Å². The molecule has 2 aromatic carbocycles. The first kappa shape index (κ1) is 22.2. The van der Waals surface area contributed by atoms with Crippen molar-refractivity contribution in [3.05, 3.63) is 76.6 Å². The van der Waals surface area contributed by atoms with Crippen molar-refractivity contribution in [3.63, 3.8) is 0 Å². The van der Waals surface area contributed by atoms with Crippen LogP contribution in [-0.4, -0.2) is 35.7 Å². The lowest BCUT2D eigenvalue weighted by molar-refractivity contribution is -0.119. The fourth-order valence-corrected chi connectivity index (χ4v) is 4.28. The highest BCUT2D eigenvalue weighted by Gasteiger charge is 2.30. The molecule has 0 bridgehead atoms. The molecular weight excluding hydrogens is 442 g/mol. The second-order valence-corrected chi connectivity index (χ2v) is 8.83. The topological polar surface area (TPSA) is 69.1 Å².